The number of aromatic nitrogens is 1. The van der Waals surface area contributed by atoms with Gasteiger partial charge in [0.05, 0.1) is 13.7 Å². The SMILES string of the molecule is COc1ccc2ccnc(OCC3CCN(OC(=O)OC(C)(C)C)CC3)c2c1. The van der Waals surface area contributed by atoms with Gasteiger partial charge in [-0.15, -0.1) is 5.06 Å². The van der Waals surface area contributed by atoms with E-state index in [4.69, 9.17) is 19.0 Å². The number of hydrogen-bond acceptors (Lipinski definition) is 7. The second-order valence-corrected chi connectivity index (χ2v) is 7.94. The van der Waals surface area contributed by atoms with Crippen molar-refractivity contribution in [1.29, 1.82) is 0 Å². The molecular weight excluding hydrogens is 360 g/mol. The third kappa shape index (κ3) is 5.48. The largest absolute Gasteiger partial charge is 0.528 e. The summed E-state index contributed by atoms with van der Waals surface area (Å²) in [7, 11) is 1.64. The molecule has 3 rings (SSSR count). The van der Waals surface area contributed by atoms with Crippen LogP contribution in [-0.4, -0.2) is 48.6 Å². The predicted molar refractivity (Wildman–Crippen MR) is 105 cm³/mol. The highest BCUT2D eigenvalue weighted by atomic mass is 16.8. The van der Waals surface area contributed by atoms with Gasteiger partial charge in [0.2, 0.25) is 5.88 Å². The first-order valence-corrected chi connectivity index (χ1v) is 9.55. The maximum atomic E-state index is 11.8. The van der Waals surface area contributed by atoms with Crippen LogP contribution in [-0.2, 0) is 9.57 Å². The minimum Gasteiger partial charge on any atom is -0.497 e. The van der Waals surface area contributed by atoms with Crippen molar-refractivity contribution in [3.63, 3.8) is 0 Å². The second-order valence-electron chi connectivity index (χ2n) is 7.94. The smallest absolute Gasteiger partial charge is 0.497 e. The molecule has 152 valence electrons. The number of hydroxylamine groups is 2. The molecule has 2 heterocycles. The number of piperidine rings is 1. The minimum absolute atomic E-state index is 0.376. The molecule has 0 N–H and O–H groups in total. The van der Waals surface area contributed by atoms with E-state index in [1.807, 2.05) is 45.0 Å². The molecule has 1 aliphatic heterocycles. The maximum Gasteiger partial charge on any atom is 0.528 e. The molecule has 7 heteroatoms. The molecule has 1 fully saturated rings. The van der Waals surface area contributed by atoms with Gasteiger partial charge in [0.1, 0.15) is 11.4 Å². The Morgan fingerprint density at radius 1 is 1.21 bits per heavy atom. The third-order valence-corrected chi connectivity index (χ3v) is 4.56. The van der Waals surface area contributed by atoms with Crippen LogP contribution in [0.2, 0.25) is 0 Å². The Kier molecular flexibility index (Phi) is 6.24. The van der Waals surface area contributed by atoms with Crippen LogP contribution in [0, 0.1) is 5.92 Å². The zero-order chi connectivity index (χ0) is 20.1. The Hall–Kier alpha value is -2.54. The summed E-state index contributed by atoms with van der Waals surface area (Å²) in [5.74, 6) is 1.77. The van der Waals surface area contributed by atoms with Gasteiger partial charge in [-0.2, -0.15) is 0 Å². The molecule has 0 unspecified atom stereocenters. The van der Waals surface area contributed by atoms with Gasteiger partial charge in [-0.05, 0) is 63.1 Å². The highest BCUT2D eigenvalue weighted by molar-refractivity contribution is 5.87. The molecule has 0 aliphatic carbocycles. The number of nitrogens with zero attached hydrogens (tertiary/aromatic N) is 2. The van der Waals surface area contributed by atoms with Crippen molar-refractivity contribution in [3.8, 4) is 11.6 Å². The molecule has 0 radical (unpaired) electrons. The molecular formula is C21H28N2O5. The monoisotopic (exact) mass is 388 g/mol. The van der Waals surface area contributed by atoms with E-state index in [9.17, 15) is 4.79 Å². The van der Waals surface area contributed by atoms with E-state index in [0.717, 1.165) is 29.4 Å². The quantitative estimate of drug-likeness (QED) is 0.711. The number of pyridine rings is 1. The molecule has 1 aliphatic rings. The van der Waals surface area contributed by atoms with Gasteiger partial charge >= 0.3 is 6.16 Å². The number of hydrogen-bond donors (Lipinski definition) is 0. The summed E-state index contributed by atoms with van der Waals surface area (Å²) in [5.41, 5.74) is -0.558. The molecule has 0 bridgehead atoms. The molecule has 28 heavy (non-hydrogen) atoms. The van der Waals surface area contributed by atoms with Crippen molar-refractivity contribution < 1.29 is 23.8 Å². The summed E-state index contributed by atoms with van der Waals surface area (Å²) in [6, 6.07) is 7.81. The zero-order valence-electron chi connectivity index (χ0n) is 16.9. The van der Waals surface area contributed by atoms with Crippen LogP contribution in [0.3, 0.4) is 0 Å². The Labute approximate surface area is 165 Å². The Balaban J connectivity index is 1.51. The summed E-state index contributed by atoms with van der Waals surface area (Å²) in [5, 5.41) is 3.66. The zero-order valence-corrected chi connectivity index (χ0v) is 16.9. The summed E-state index contributed by atoms with van der Waals surface area (Å²) in [6.45, 7) is 7.33. The number of rotatable bonds is 5. The predicted octanol–water partition coefficient (Wildman–Crippen LogP) is 4.20. The van der Waals surface area contributed by atoms with Crippen molar-refractivity contribution in [2.24, 2.45) is 5.92 Å². The van der Waals surface area contributed by atoms with Gasteiger partial charge in [-0.1, -0.05) is 6.07 Å². The number of ether oxygens (including phenoxy) is 3. The number of carbonyl (C=O) groups is 1. The van der Waals surface area contributed by atoms with E-state index in [-0.39, 0.29) is 0 Å². The number of carbonyl (C=O) groups excluding carboxylic acids is 1. The van der Waals surface area contributed by atoms with Crippen LogP contribution in [0.1, 0.15) is 33.6 Å². The number of benzene rings is 1. The Bertz CT molecular complexity index is 810. The van der Waals surface area contributed by atoms with E-state index in [1.165, 1.54) is 0 Å². The summed E-state index contributed by atoms with van der Waals surface area (Å²) in [4.78, 5) is 21.4. The van der Waals surface area contributed by atoms with Gasteiger partial charge in [0, 0.05) is 24.7 Å². The fourth-order valence-electron chi connectivity index (χ4n) is 3.10. The van der Waals surface area contributed by atoms with Crippen LogP contribution in [0.15, 0.2) is 30.5 Å². The summed E-state index contributed by atoms with van der Waals surface area (Å²) >= 11 is 0. The fourth-order valence-corrected chi connectivity index (χ4v) is 3.10. The average Bonchev–Trinajstić information content (AvgIpc) is 2.65. The second kappa shape index (κ2) is 8.65. The molecule has 0 atom stereocenters. The Morgan fingerprint density at radius 3 is 2.64 bits per heavy atom. The molecule has 0 saturated carbocycles. The molecule has 1 saturated heterocycles. The van der Waals surface area contributed by atoms with E-state index in [2.05, 4.69) is 4.98 Å². The van der Waals surface area contributed by atoms with Crippen LogP contribution in [0.4, 0.5) is 4.79 Å². The molecule has 0 spiro atoms. The van der Waals surface area contributed by atoms with Crippen molar-refractivity contribution in [2.75, 3.05) is 26.8 Å². The van der Waals surface area contributed by atoms with Crippen LogP contribution in [0.25, 0.3) is 10.8 Å². The van der Waals surface area contributed by atoms with Gasteiger partial charge in [0.15, 0.2) is 0 Å². The molecule has 1 aromatic heterocycles. The van der Waals surface area contributed by atoms with Gasteiger partial charge in [0.25, 0.3) is 0 Å². The van der Waals surface area contributed by atoms with E-state index in [0.29, 0.717) is 31.5 Å². The highest BCUT2D eigenvalue weighted by Gasteiger charge is 2.25. The number of methoxy groups -OCH3 is 1. The van der Waals surface area contributed by atoms with Crippen LogP contribution < -0.4 is 9.47 Å². The van der Waals surface area contributed by atoms with Crippen LogP contribution in [0.5, 0.6) is 11.6 Å². The molecule has 2 aromatic rings. The summed E-state index contributed by atoms with van der Waals surface area (Å²) < 4.78 is 16.5. The first-order chi connectivity index (χ1) is 13.3. The lowest BCUT2D eigenvalue weighted by Gasteiger charge is -2.30. The highest BCUT2D eigenvalue weighted by Crippen LogP contribution is 2.28. The topological polar surface area (TPSA) is 70.1 Å². The maximum absolute atomic E-state index is 11.8. The summed E-state index contributed by atoms with van der Waals surface area (Å²) in [6.07, 6.45) is 2.84. The van der Waals surface area contributed by atoms with Gasteiger partial charge in [-0.25, -0.2) is 9.78 Å². The molecule has 7 nitrogen and oxygen atoms in total. The Morgan fingerprint density at radius 2 is 1.96 bits per heavy atom. The average molecular weight is 388 g/mol. The van der Waals surface area contributed by atoms with Gasteiger partial charge < -0.3 is 19.0 Å². The van der Waals surface area contributed by atoms with Gasteiger partial charge in [-0.3, -0.25) is 0 Å². The van der Waals surface area contributed by atoms with Crippen molar-refractivity contribution in [2.45, 2.75) is 39.2 Å². The lowest BCUT2D eigenvalue weighted by atomic mass is 9.99. The fraction of sp³-hybridized carbons (Fsp3) is 0.524. The van der Waals surface area contributed by atoms with E-state index in [1.54, 1.807) is 18.4 Å². The molecule has 0 amide bonds. The van der Waals surface area contributed by atoms with Crippen molar-refractivity contribution in [1.82, 2.24) is 10.0 Å². The standard InChI is InChI=1S/C21H28N2O5/c1-21(2,3)27-20(24)28-23-11-8-15(9-12-23)14-26-19-18-13-17(25-4)6-5-16(18)7-10-22-19/h5-7,10,13,15H,8-9,11-12,14H2,1-4H3. The third-order valence-electron chi connectivity index (χ3n) is 4.56. The molecule has 1 aromatic carbocycles. The lowest BCUT2D eigenvalue weighted by Crippen LogP contribution is -2.38. The normalized spacial score (nSPS) is 16.0. The first kappa shape index (κ1) is 20.2. The van der Waals surface area contributed by atoms with Crippen LogP contribution >= 0.6 is 0 Å². The lowest BCUT2D eigenvalue weighted by molar-refractivity contribution is -0.156. The first-order valence-electron chi connectivity index (χ1n) is 9.55. The van der Waals surface area contributed by atoms with Crippen molar-refractivity contribution in [3.05, 3.63) is 30.5 Å². The number of fused-ring (bicyclic) bond motifs is 1. The van der Waals surface area contributed by atoms with E-state index >= 15 is 0 Å². The van der Waals surface area contributed by atoms with Crippen molar-refractivity contribution >= 4 is 16.9 Å². The van der Waals surface area contributed by atoms with E-state index < -0.39 is 11.8 Å². The minimum atomic E-state index is -0.656.